The van der Waals surface area contributed by atoms with Crippen LogP contribution in [0.25, 0.3) is 5.65 Å². The number of amides is 1. The second-order valence-electron chi connectivity index (χ2n) is 8.85. The number of nitrogens with one attached hydrogen (secondary N) is 3. The SMILES string of the molecule is CNc1cc(Nc2cccn(C3CCCCC3)c2=O)nc2c(C(=O)N[C@H]3CC[C@@H]3O)cnn12. The molecule has 0 saturated heterocycles. The molecule has 2 aliphatic rings. The highest BCUT2D eigenvalue weighted by atomic mass is 16.3. The van der Waals surface area contributed by atoms with Gasteiger partial charge >= 0.3 is 0 Å². The smallest absolute Gasteiger partial charge is 0.274 e. The molecule has 4 N–H and O–H groups in total. The largest absolute Gasteiger partial charge is 0.391 e. The molecule has 0 radical (unpaired) electrons. The summed E-state index contributed by atoms with van der Waals surface area (Å²) in [5.41, 5.74) is 1.02. The molecule has 3 heterocycles. The molecule has 3 aromatic rings. The van der Waals surface area contributed by atoms with Gasteiger partial charge in [-0.1, -0.05) is 19.3 Å². The Balaban J connectivity index is 1.46. The van der Waals surface area contributed by atoms with Crippen LogP contribution in [-0.2, 0) is 0 Å². The Morgan fingerprint density at radius 1 is 1.18 bits per heavy atom. The maximum absolute atomic E-state index is 13.2. The fourth-order valence-corrected chi connectivity index (χ4v) is 4.65. The fraction of sp³-hybridized carbons (Fsp3) is 0.478. The van der Waals surface area contributed by atoms with E-state index in [2.05, 4.69) is 26.0 Å². The number of rotatable bonds is 6. The van der Waals surface area contributed by atoms with E-state index in [1.807, 2.05) is 16.8 Å². The molecule has 0 bridgehead atoms. The van der Waals surface area contributed by atoms with E-state index in [1.165, 1.54) is 12.6 Å². The Morgan fingerprint density at radius 2 is 2.00 bits per heavy atom. The van der Waals surface area contributed by atoms with Crippen molar-refractivity contribution in [3.63, 3.8) is 0 Å². The van der Waals surface area contributed by atoms with Gasteiger partial charge in [0.25, 0.3) is 11.5 Å². The summed E-state index contributed by atoms with van der Waals surface area (Å²) in [4.78, 5) is 30.6. The van der Waals surface area contributed by atoms with Crippen LogP contribution < -0.4 is 21.5 Å². The van der Waals surface area contributed by atoms with Gasteiger partial charge in [0.05, 0.1) is 18.3 Å². The van der Waals surface area contributed by atoms with Crippen LogP contribution in [0.2, 0.25) is 0 Å². The van der Waals surface area contributed by atoms with Crippen molar-refractivity contribution in [2.45, 2.75) is 63.1 Å². The molecule has 174 valence electrons. The lowest BCUT2D eigenvalue weighted by Crippen LogP contribution is -2.50. The lowest BCUT2D eigenvalue weighted by Gasteiger charge is -2.32. The molecule has 5 rings (SSSR count). The highest BCUT2D eigenvalue weighted by molar-refractivity contribution is 6.00. The van der Waals surface area contributed by atoms with E-state index in [-0.39, 0.29) is 23.6 Å². The first kappa shape index (κ1) is 21.4. The van der Waals surface area contributed by atoms with Crippen molar-refractivity contribution in [3.05, 3.63) is 46.5 Å². The van der Waals surface area contributed by atoms with Crippen LogP contribution in [0.4, 0.5) is 17.3 Å². The molecule has 2 saturated carbocycles. The minimum atomic E-state index is -0.515. The summed E-state index contributed by atoms with van der Waals surface area (Å²) in [5.74, 6) is 0.720. The zero-order valence-electron chi connectivity index (χ0n) is 18.6. The molecule has 10 nitrogen and oxygen atoms in total. The van der Waals surface area contributed by atoms with Gasteiger partial charge in [-0.15, -0.1) is 0 Å². The van der Waals surface area contributed by atoms with Crippen molar-refractivity contribution in [1.29, 1.82) is 0 Å². The lowest BCUT2D eigenvalue weighted by molar-refractivity contribution is 0.0448. The van der Waals surface area contributed by atoms with E-state index >= 15 is 0 Å². The van der Waals surface area contributed by atoms with Gasteiger partial charge in [-0.05, 0) is 37.8 Å². The molecular weight excluding hydrogens is 422 g/mol. The van der Waals surface area contributed by atoms with Crippen molar-refractivity contribution < 1.29 is 9.90 Å². The predicted octanol–water partition coefficient (Wildman–Crippen LogP) is 2.43. The Morgan fingerprint density at radius 3 is 2.70 bits per heavy atom. The van der Waals surface area contributed by atoms with Crippen LogP contribution in [-0.4, -0.2) is 49.4 Å². The third-order valence-electron chi connectivity index (χ3n) is 6.73. The minimum Gasteiger partial charge on any atom is -0.391 e. The van der Waals surface area contributed by atoms with Crippen molar-refractivity contribution in [2.75, 3.05) is 17.7 Å². The summed E-state index contributed by atoms with van der Waals surface area (Å²) in [5, 5.41) is 23.1. The van der Waals surface area contributed by atoms with Gasteiger partial charge in [0.1, 0.15) is 22.9 Å². The third-order valence-corrected chi connectivity index (χ3v) is 6.73. The van der Waals surface area contributed by atoms with Gasteiger partial charge in [0, 0.05) is 25.4 Å². The highest BCUT2D eigenvalue weighted by Crippen LogP contribution is 2.28. The third kappa shape index (κ3) is 4.06. The van der Waals surface area contributed by atoms with Gasteiger partial charge in [0.2, 0.25) is 0 Å². The van der Waals surface area contributed by atoms with Crippen molar-refractivity contribution in [2.24, 2.45) is 0 Å². The first-order valence-corrected chi connectivity index (χ1v) is 11.6. The standard InChI is InChI=1S/C23H29N7O3/c1-24-20-12-19(26-17-8-5-11-29(23(17)33)14-6-3-2-4-7-14)28-21-15(13-25-30(20)21)22(32)27-16-9-10-18(16)31/h5,8,11-14,16,18,24,31H,2-4,6-7,9-10H2,1H3,(H,26,28)(H,27,32)/t16-,18-/m0/s1. The molecule has 33 heavy (non-hydrogen) atoms. The summed E-state index contributed by atoms with van der Waals surface area (Å²) < 4.78 is 3.36. The van der Waals surface area contributed by atoms with Crippen molar-refractivity contribution in [3.8, 4) is 0 Å². The fourth-order valence-electron chi connectivity index (χ4n) is 4.65. The molecule has 2 fully saturated rings. The molecule has 0 unspecified atom stereocenters. The predicted molar refractivity (Wildman–Crippen MR) is 125 cm³/mol. The second-order valence-corrected chi connectivity index (χ2v) is 8.85. The van der Waals surface area contributed by atoms with E-state index in [1.54, 1.807) is 23.7 Å². The van der Waals surface area contributed by atoms with Gasteiger partial charge in [-0.2, -0.15) is 9.61 Å². The molecule has 3 aromatic heterocycles. The number of aliphatic hydroxyl groups excluding tert-OH is 1. The lowest BCUT2D eigenvalue weighted by atomic mass is 9.89. The number of aromatic nitrogens is 4. The number of hydrogen-bond donors (Lipinski definition) is 4. The summed E-state index contributed by atoms with van der Waals surface area (Å²) in [7, 11) is 1.75. The van der Waals surface area contributed by atoms with E-state index in [0.29, 0.717) is 35.0 Å². The minimum absolute atomic E-state index is 0.0810. The Kier molecular flexibility index (Phi) is 5.76. The first-order chi connectivity index (χ1) is 16.0. The van der Waals surface area contributed by atoms with E-state index in [4.69, 9.17) is 0 Å². The molecule has 2 atom stereocenters. The Hall–Kier alpha value is -3.40. The van der Waals surface area contributed by atoms with Gasteiger partial charge in [-0.25, -0.2) is 4.98 Å². The summed E-state index contributed by atoms with van der Waals surface area (Å²) in [6.07, 6.45) is 9.77. The van der Waals surface area contributed by atoms with Gasteiger partial charge in [-0.3, -0.25) is 9.59 Å². The number of fused-ring (bicyclic) bond motifs is 1. The summed E-state index contributed by atoms with van der Waals surface area (Å²) >= 11 is 0. The number of nitrogens with zero attached hydrogens (tertiary/aromatic N) is 4. The van der Waals surface area contributed by atoms with E-state index < -0.39 is 6.10 Å². The van der Waals surface area contributed by atoms with Gasteiger partial charge < -0.3 is 25.6 Å². The van der Waals surface area contributed by atoms with Crippen LogP contribution in [0.1, 0.15) is 61.3 Å². The molecule has 0 spiro atoms. The van der Waals surface area contributed by atoms with Crippen LogP contribution in [0.15, 0.2) is 35.4 Å². The maximum Gasteiger partial charge on any atom is 0.274 e. The zero-order chi connectivity index (χ0) is 22.9. The summed E-state index contributed by atoms with van der Waals surface area (Å²) in [6, 6.07) is 5.34. The zero-order valence-corrected chi connectivity index (χ0v) is 18.6. The summed E-state index contributed by atoms with van der Waals surface area (Å²) in [6.45, 7) is 0. The van der Waals surface area contributed by atoms with Crippen LogP contribution in [0.3, 0.4) is 0 Å². The maximum atomic E-state index is 13.2. The average molecular weight is 452 g/mol. The Labute approximate surface area is 191 Å². The van der Waals surface area contributed by atoms with Crippen molar-refractivity contribution >= 4 is 28.9 Å². The molecule has 1 amide bonds. The van der Waals surface area contributed by atoms with E-state index in [9.17, 15) is 14.7 Å². The molecular formula is C23H29N7O3. The quantitative estimate of drug-likeness (QED) is 0.453. The number of hydrogen-bond acceptors (Lipinski definition) is 7. The topological polar surface area (TPSA) is 126 Å². The van der Waals surface area contributed by atoms with Crippen LogP contribution in [0.5, 0.6) is 0 Å². The van der Waals surface area contributed by atoms with Crippen molar-refractivity contribution in [1.82, 2.24) is 24.5 Å². The molecule has 0 aliphatic heterocycles. The monoisotopic (exact) mass is 451 g/mol. The second kappa shape index (κ2) is 8.86. The normalized spacial score (nSPS) is 20.9. The molecule has 2 aliphatic carbocycles. The van der Waals surface area contributed by atoms with E-state index in [0.717, 1.165) is 32.1 Å². The number of anilines is 3. The number of aliphatic hydroxyl groups is 1. The van der Waals surface area contributed by atoms with Crippen LogP contribution in [0, 0.1) is 0 Å². The molecule has 10 heteroatoms. The number of carbonyl (C=O) groups is 1. The highest BCUT2D eigenvalue weighted by Gasteiger charge is 2.31. The molecule has 0 aromatic carbocycles. The number of pyridine rings is 1. The first-order valence-electron chi connectivity index (χ1n) is 11.6. The van der Waals surface area contributed by atoms with Gasteiger partial charge in [0.15, 0.2) is 5.65 Å². The average Bonchev–Trinajstić information content (AvgIpc) is 3.27. The Bertz CT molecular complexity index is 1230. The van der Waals surface area contributed by atoms with Crippen LogP contribution >= 0.6 is 0 Å². The number of carbonyl (C=O) groups excluding carboxylic acids is 1.